The van der Waals surface area contributed by atoms with Gasteiger partial charge in [0, 0.05) is 86.7 Å². The number of hydrogen-bond donors (Lipinski definition) is 2. The second-order valence-electron chi connectivity index (χ2n) is 17.9. The van der Waals surface area contributed by atoms with Crippen molar-refractivity contribution in [2.75, 3.05) is 28.6 Å². The zero-order valence-corrected chi connectivity index (χ0v) is 38.3. The van der Waals surface area contributed by atoms with E-state index in [9.17, 15) is 9.59 Å². The Morgan fingerprint density at radius 1 is 0.567 bits per heavy atom. The van der Waals surface area contributed by atoms with E-state index in [1.807, 2.05) is 103 Å². The van der Waals surface area contributed by atoms with Gasteiger partial charge in [-0.3, -0.25) is 0 Å². The van der Waals surface area contributed by atoms with Gasteiger partial charge in [-0.15, -0.1) is 0 Å². The number of carbonyl (C=O) groups is 2. The van der Waals surface area contributed by atoms with Crippen molar-refractivity contribution in [1.29, 1.82) is 0 Å². The maximum absolute atomic E-state index is 13.6. The van der Waals surface area contributed by atoms with Crippen molar-refractivity contribution in [3.63, 3.8) is 0 Å². The minimum Gasteiger partial charge on any atom is -0.456 e. The van der Waals surface area contributed by atoms with Crippen molar-refractivity contribution in [3.05, 3.63) is 200 Å². The fourth-order valence-electron chi connectivity index (χ4n) is 11.1. The Labute approximate surface area is 398 Å². The summed E-state index contributed by atoms with van der Waals surface area (Å²) in [6.07, 6.45) is 3.90. The quantitative estimate of drug-likeness (QED) is 0.144. The first-order valence-corrected chi connectivity index (χ1v) is 23.8. The molecule has 7 aromatic rings. The number of anilines is 4. The van der Waals surface area contributed by atoms with E-state index in [0.29, 0.717) is 50.1 Å². The van der Waals surface area contributed by atoms with Gasteiger partial charge >= 0.3 is 11.9 Å². The molecule has 1 saturated carbocycles. The zero-order valence-electron chi connectivity index (χ0n) is 36.8. The Morgan fingerprint density at radius 2 is 1.16 bits per heavy atom. The fraction of sp³-hybridized carbons (Fsp3) is 0.214. The second-order valence-corrected chi connectivity index (χ2v) is 18.8. The highest BCUT2D eigenvalue weighted by Crippen LogP contribution is 2.59. The predicted octanol–water partition coefficient (Wildman–Crippen LogP) is 13.9. The molecule has 1 fully saturated rings. The van der Waals surface area contributed by atoms with Crippen molar-refractivity contribution in [2.24, 2.45) is 0 Å². The minimum absolute atomic E-state index is 0.248. The molecule has 0 amide bonds. The molecule has 2 unspecified atom stereocenters. The third-order valence-corrected chi connectivity index (χ3v) is 14.9. The van der Waals surface area contributed by atoms with Crippen LogP contribution in [0.3, 0.4) is 0 Å². The molecule has 4 heterocycles. The van der Waals surface area contributed by atoms with Crippen molar-refractivity contribution in [3.8, 4) is 23.0 Å². The van der Waals surface area contributed by atoms with Crippen LogP contribution in [0.2, 0.25) is 10.0 Å². The van der Waals surface area contributed by atoms with Crippen LogP contribution < -0.4 is 25.0 Å². The molecule has 5 aliphatic rings. The highest BCUT2D eigenvalue weighted by Gasteiger charge is 2.55. The van der Waals surface area contributed by atoms with Crippen molar-refractivity contribution in [1.82, 2.24) is 0 Å². The van der Waals surface area contributed by atoms with E-state index >= 15 is 0 Å². The number of nitrogens with zero attached hydrogens (tertiary/aromatic N) is 1. The number of hydrogen-bond acceptors (Lipinski definition) is 9. The summed E-state index contributed by atoms with van der Waals surface area (Å²) < 4.78 is 26.0. The summed E-state index contributed by atoms with van der Waals surface area (Å²) in [5.74, 6) is 2.06. The minimum atomic E-state index is -1.19. The van der Waals surface area contributed by atoms with E-state index in [1.54, 1.807) is 12.1 Å². The fourth-order valence-corrected chi connectivity index (χ4v) is 11.4. The van der Waals surface area contributed by atoms with Crippen LogP contribution in [-0.2, 0) is 20.7 Å². The second kappa shape index (κ2) is 15.9. The summed E-state index contributed by atoms with van der Waals surface area (Å²) >= 11 is 13.4. The Morgan fingerprint density at radius 3 is 1.87 bits per heavy atom. The molecular weight excluding hydrogens is 882 g/mol. The van der Waals surface area contributed by atoms with Crippen molar-refractivity contribution < 1.29 is 28.5 Å². The number of rotatable bonds is 8. The first-order chi connectivity index (χ1) is 32.7. The molecule has 0 radical (unpaired) electrons. The lowest BCUT2D eigenvalue weighted by molar-refractivity contribution is 0.0214. The molecular formula is C56H45Cl2N3O6. The third kappa shape index (κ3) is 6.50. The molecule has 12 rings (SSSR count). The first kappa shape index (κ1) is 41.5. The van der Waals surface area contributed by atoms with Crippen LogP contribution >= 0.6 is 23.2 Å². The van der Waals surface area contributed by atoms with Gasteiger partial charge in [0.2, 0.25) is 0 Å². The van der Waals surface area contributed by atoms with E-state index < -0.39 is 11.2 Å². The normalized spacial score (nSPS) is 21.4. The molecule has 7 aromatic carbocycles. The van der Waals surface area contributed by atoms with Gasteiger partial charge in [-0.05, 0) is 136 Å². The molecule has 0 aromatic heterocycles. The van der Waals surface area contributed by atoms with Crippen LogP contribution in [0, 0.1) is 0 Å². The summed E-state index contributed by atoms with van der Waals surface area (Å²) in [5, 5.41) is 8.53. The average Bonchev–Trinajstić information content (AvgIpc) is 3.81. The van der Waals surface area contributed by atoms with Gasteiger partial charge in [0.05, 0.1) is 21.8 Å². The predicted molar refractivity (Wildman–Crippen MR) is 261 cm³/mol. The lowest BCUT2D eigenvalue weighted by Crippen LogP contribution is -2.33. The number of fused-ring (bicyclic) bond motifs is 12. The monoisotopic (exact) mass is 925 g/mol. The molecule has 9 nitrogen and oxygen atoms in total. The Hall–Kier alpha value is -6.94. The molecule has 11 heteroatoms. The standard InChI is InChI=1S/C56H45Cl2N3O6/c1-3-61(4-2)38-21-24-45-52(31-38)64-49-26-20-36(29-46(49)56(45)42-12-8-6-10-40(42)54(63)67-56)60-48-27-33(15-25-47(48)58)32-13-17-35(18-14-32)59-37-19-23-44-51(30-37)65-50-28-34(57)16-22-43(50)55(44)41-11-7-5-9-39(41)53(62)66-55/h5-12,15-16,19-32,35,59-60H,3-4,13-14,17-18H2,1-2H3. The molecule has 0 bridgehead atoms. The smallest absolute Gasteiger partial charge is 0.340 e. The summed E-state index contributed by atoms with van der Waals surface area (Å²) in [5.41, 5.74) is 8.14. The van der Waals surface area contributed by atoms with Gasteiger partial charge < -0.3 is 34.5 Å². The Kier molecular flexibility index (Phi) is 9.82. The summed E-state index contributed by atoms with van der Waals surface area (Å²) in [7, 11) is 0. The largest absolute Gasteiger partial charge is 0.456 e. The van der Waals surface area contributed by atoms with Crippen LogP contribution in [0.1, 0.15) is 105 Å². The van der Waals surface area contributed by atoms with Crippen LogP contribution in [0.4, 0.5) is 22.7 Å². The molecule has 2 N–H and O–H groups in total. The summed E-state index contributed by atoms with van der Waals surface area (Å²) in [6.45, 7) is 5.97. The molecule has 1 aliphatic carbocycles. The van der Waals surface area contributed by atoms with E-state index in [0.717, 1.165) is 94.9 Å². The summed E-state index contributed by atoms with van der Waals surface area (Å²) in [4.78, 5) is 29.1. The molecule has 4 aliphatic heterocycles. The number of ether oxygens (including phenoxy) is 4. The Balaban J connectivity index is 0.782. The third-order valence-electron chi connectivity index (χ3n) is 14.3. The molecule has 334 valence electrons. The SMILES string of the molecule is CCN(CC)c1ccc2c(c1)Oc1ccc(Nc3cc(C4CCC(Nc5ccc6c(c5)Oc5cc(Cl)ccc5C65OC(=O)c6ccccc65)CC4)ccc3Cl)cc1C21OC(=O)c2ccccc21. The van der Waals surface area contributed by atoms with Gasteiger partial charge in [-0.2, -0.15) is 0 Å². The Bertz CT molecular complexity index is 3200. The van der Waals surface area contributed by atoms with Crippen LogP contribution in [0.5, 0.6) is 23.0 Å². The topological polar surface area (TPSA) is 98.4 Å². The van der Waals surface area contributed by atoms with Crippen LogP contribution in [0.15, 0.2) is 140 Å². The van der Waals surface area contributed by atoms with Gasteiger partial charge in [0.15, 0.2) is 11.2 Å². The number of benzene rings is 7. The number of carbonyl (C=O) groups excluding carboxylic acids is 2. The number of esters is 2. The van der Waals surface area contributed by atoms with Gasteiger partial charge in [0.25, 0.3) is 0 Å². The first-order valence-electron chi connectivity index (χ1n) is 23.0. The van der Waals surface area contributed by atoms with E-state index in [1.165, 1.54) is 5.56 Å². The highest BCUT2D eigenvalue weighted by atomic mass is 35.5. The lowest BCUT2D eigenvalue weighted by Gasteiger charge is -2.37. The van der Waals surface area contributed by atoms with Crippen LogP contribution in [0.25, 0.3) is 0 Å². The van der Waals surface area contributed by atoms with Crippen molar-refractivity contribution in [2.45, 2.75) is 62.7 Å². The maximum atomic E-state index is 13.6. The highest BCUT2D eigenvalue weighted by molar-refractivity contribution is 6.33. The van der Waals surface area contributed by atoms with E-state index in [2.05, 4.69) is 53.6 Å². The van der Waals surface area contributed by atoms with E-state index in [-0.39, 0.29) is 18.0 Å². The number of nitrogens with one attached hydrogen (secondary N) is 2. The van der Waals surface area contributed by atoms with E-state index in [4.69, 9.17) is 42.1 Å². The van der Waals surface area contributed by atoms with Crippen molar-refractivity contribution >= 4 is 57.9 Å². The maximum Gasteiger partial charge on any atom is 0.340 e. The lowest BCUT2D eigenvalue weighted by atomic mass is 9.77. The summed E-state index contributed by atoms with van der Waals surface area (Å²) in [6, 6.07) is 45.3. The molecule has 2 spiro atoms. The average molecular weight is 927 g/mol. The van der Waals surface area contributed by atoms with Gasteiger partial charge in [-0.1, -0.05) is 65.7 Å². The molecule has 0 saturated heterocycles. The van der Waals surface area contributed by atoms with Gasteiger partial charge in [0.1, 0.15) is 23.0 Å². The molecule has 67 heavy (non-hydrogen) atoms. The van der Waals surface area contributed by atoms with Gasteiger partial charge in [-0.25, -0.2) is 9.59 Å². The van der Waals surface area contributed by atoms with Crippen LogP contribution in [-0.4, -0.2) is 31.1 Å². The number of halogens is 2. The molecule has 2 atom stereocenters. The zero-order chi connectivity index (χ0) is 45.6.